The van der Waals surface area contributed by atoms with Gasteiger partial charge in [-0.25, -0.2) is 0 Å². The molecule has 1 aromatic heterocycles. The molecule has 1 heterocycles. The molecule has 0 fully saturated rings. The van der Waals surface area contributed by atoms with Crippen LogP contribution in [0.2, 0.25) is 0 Å². The molecule has 0 amide bonds. The van der Waals surface area contributed by atoms with Gasteiger partial charge in [0.05, 0.1) is 0 Å². The number of nitrogen functional groups attached to an aromatic ring is 1. The number of anilines is 1. The van der Waals surface area contributed by atoms with E-state index >= 15 is 0 Å². The monoisotopic (exact) mass is 188 g/mol. The molecule has 0 saturated carbocycles. The molecule has 1 aromatic carbocycles. The van der Waals surface area contributed by atoms with Crippen LogP contribution in [0.15, 0.2) is 28.8 Å². The van der Waals surface area contributed by atoms with Crippen molar-refractivity contribution >= 4 is 5.82 Å². The summed E-state index contributed by atoms with van der Waals surface area (Å²) in [6, 6.07) is 7.80. The van der Waals surface area contributed by atoms with Crippen LogP contribution >= 0.6 is 0 Å². The second kappa shape index (κ2) is 3.18. The molecule has 0 aliphatic rings. The molecule has 0 atom stereocenters. The average molecular weight is 188 g/mol. The molecule has 0 aliphatic carbocycles. The van der Waals surface area contributed by atoms with E-state index in [1.165, 1.54) is 11.1 Å². The van der Waals surface area contributed by atoms with Crippen molar-refractivity contribution in [3.05, 3.63) is 35.4 Å². The van der Waals surface area contributed by atoms with Crippen LogP contribution in [0.4, 0.5) is 5.82 Å². The quantitative estimate of drug-likeness (QED) is 0.748. The molecule has 2 N–H and O–H groups in total. The Balaban J connectivity index is 2.57. The number of nitrogens with two attached hydrogens (primary N) is 1. The Kier molecular flexibility index (Phi) is 2.00. The van der Waals surface area contributed by atoms with Gasteiger partial charge in [0.1, 0.15) is 0 Å². The molecule has 2 rings (SSSR count). The fourth-order valence-electron chi connectivity index (χ4n) is 1.43. The standard InChI is InChI=1S/C11H12N2O/c1-7-4-3-5-9(8(7)2)10-6-11(12)13-14-10/h3-6H,1-2H3,(H2,12,13). The molecule has 0 bridgehead atoms. The third-order valence-corrected chi connectivity index (χ3v) is 2.40. The van der Waals surface area contributed by atoms with Gasteiger partial charge in [-0.05, 0) is 25.0 Å². The summed E-state index contributed by atoms with van der Waals surface area (Å²) >= 11 is 0. The molecular formula is C11H12N2O. The number of rotatable bonds is 1. The van der Waals surface area contributed by atoms with Crippen molar-refractivity contribution in [2.75, 3.05) is 5.73 Å². The fraction of sp³-hybridized carbons (Fsp3) is 0.182. The molecule has 0 unspecified atom stereocenters. The summed E-state index contributed by atoms with van der Waals surface area (Å²) in [5, 5.41) is 3.67. The van der Waals surface area contributed by atoms with E-state index in [0.29, 0.717) is 5.82 Å². The van der Waals surface area contributed by atoms with Crippen molar-refractivity contribution < 1.29 is 4.52 Å². The Bertz CT molecular complexity index is 460. The van der Waals surface area contributed by atoms with Crippen molar-refractivity contribution in [1.82, 2.24) is 5.16 Å². The Labute approximate surface area is 82.5 Å². The molecule has 2 aromatic rings. The van der Waals surface area contributed by atoms with Crippen LogP contribution in [0, 0.1) is 13.8 Å². The summed E-state index contributed by atoms with van der Waals surface area (Å²) in [6.07, 6.45) is 0. The van der Waals surface area contributed by atoms with Gasteiger partial charge in [0.2, 0.25) is 0 Å². The first-order valence-corrected chi connectivity index (χ1v) is 4.47. The van der Waals surface area contributed by atoms with Crippen molar-refractivity contribution in [3.8, 4) is 11.3 Å². The first-order valence-electron chi connectivity index (χ1n) is 4.47. The van der Waals surface area contributed by atoms with Gasteiger partial charge in [0, 0.05) is 11.6 Å². The van der Waals surface area contributed by atoms with Gasteiger partial charge in [-0.1, -0.05) is 23.4 Å². The normalized spacial score (nSPS) is 10.4. The van der Waals surface area contributed by atoms with Gasteiger partial charge < -0.3 is 10.3 Å². The average Bonchev–Trinajstić information content (AvgIpc) is 2.57. The summed E-state index contributed by atoms with van der Waals surface area (Å²) in [6.45, 7) is 4.13. The lowest BCUT2D eigenvalue weighted by molar-refractivity contribution is 0.435. The van der Waals surface area contributed by atoms with Crippen molar-refractivity contribution in [2.45, 2.75) is 13.8 Å². The van der Waals surface area contributed by atoms with E-state index in [1.807, 2.05) is 12.1 Å². The fourth-order valence-corrected chi connectivity index (χ4v) is 1.43. The van der Waals surface area contributed by atoms with Gasteiger partial charge in [-0.15, -0.1) is 0 Å². The van der Waals surface area contributed by atoms with E-state index in [-0.39, 0.29) is 0 Å². The van der Waals surface area contributed by atoms with E-state index in [9.17, 15) is 0 Å². The highest BCUT2D eigenvalue weighted by Crippen LogP contribution is 2.26. The summed E-state index contributed by atoms with van der Waals surface area (Å²) in [5.41, 5.74) is 8.98. The molecular weight excluding hydrogens is 176 g/mol. The van der Waals surface area contributed by atoms with Crippen molar-refractivity contribution in [3.63, 3.8) is 0 Å². The number of nitrogens with zero attached hydrogens (tertiary/aromatic N) is 1. The number of hydrogen-bond donors (Lipinski definition) is 1. The van der Waals surface area contributed by atoms with E-state index in [2.05, 4.69) is 25.1 Å². The van der Waals surface area contributed by atoms with Gasteiger partial charge >= 0.3 is 0 Å². The lowest BCUT2D eigenvalue weighted by Crippen LogP contribution is -1.85. The van der Waals surface area contributed by atoms with Crippen LogP contribution in [-0.4, -0.2) is 5.16 Å². The number of hydrogen-bond acceptors (Lipinski definition) is 3. The third-order valence-electron chi connectivity index (χ3n) is 2.40. The summed E-state index contributed by atoms with van der Waals surface area (Å²) < 4.78 is 5.11. The van der Waals surface area contributed by atoms with E-state index < -0.39 is 0 Å². The van der Waals surface area contributed by atoms with Gasteiger partial charge in [0.15, 0.2) is 11.6 Å². The zero-order valence-corrected chi connectivity index (χ0v) is 8.24. The maximum Gasteiger partial charge on any atom is 0.169 e. The predicted molar refractivity (Wildman–Crippen MR) is 55.8 cm³/mol. The first kappa shape index (κ1) is 8.81. The Morgan fingerprint density at radius 1 is 1.29 bits per heavy atom. The lowest BCUT2D eigenvalue weighted by Gasteiger charge is -2.03. The minimum Gasteiger partial charge on any atom is -0.381 e. The maximum atomic E-state index is 5.50. The summed E-state index contributed by atoms with van der Waals surface area (Å²) in [5.74, 6) is 1.14. The summed E-state index contributed by atoms with van der Waals surface area (Å²) in [4.78, 5) is 0. The van der Waals surface area contributed by atoms with Gasteiger partial charge in [0.25, 0.3) is 0 Å². The smallest absolute Gasteiger partial charge is 0.169 e. The van der Waals surface area contributed by atoms with Crippen LogP contribution in [-0.2, 0) is 0 Å². The van der Waals surface area contributed by atoms with Crippen LogP contribution in [0.1, 0.15) is 11.1 Å². The van der Waals surface area contributed by atoms with Gasteiger partial charge in [-0.2, -0.15) is 0 Å². The minimum absolute atomic E-state index is 0.418. The zero-order chi connectivity index (χ0) is 10.1. The Hall–Kier alpha value is -1.77. The first-order chi connectivity index (χ1) is 6.68. The molecule has 0 aliphatic heterocycles. The van der Waals surface area contributed by atoms with Crippen LogP contribution in [0.5, 0.6) is 0 Å². The van der Waals surface area contributed by atoms with E-state index in [4.69, 9.17) is 10.3 Å². The minimum atomic E-state index is 0.418. The molecule has 0 radical (unpaired) electrons. The molecule has 14 heavy (non-hydrogen) atoms. The second-order valence-corrected chi connectivity index (χ2v) is 3.36. The van der Waals surface area contributed by atoms with Gasteiger partial charge in [-0.3, -0.25) is 0 Å². The Morgan fingerprint density at radius 2 is 2.07 bits per heavy atom. The Morgan fingerprint density at radius 3 is 2.71 bits per heavy atom. The highest BCUT2D eigenvalue weighted by atomic mass is 16.5. The maximum absolute atomic E-state index is 5.50. The van der Waals surface area contributed by atoms with Crippen LogP contribution in [0.25, 0.3) is 11.3 Å². The zero-order valence-electron chi connectivity index (χ0n) is 8.24. The lowest BCUT2D eigenvalue weighted by atomic mass is 10.0. The number of aromatic nitrogens is 1. The number of benzene rings is 1. The topological polar surface area (TPSA) is 52.0 Å². The van der Waals surface area contributed by atoms with Crippen LogP contribution in [0.3, 0.4) is 0 Å². The van der Waals surface area contributed by atoms with E-state index in [1.54, 1.807) is 6.07 Å². The molecule has 72 valence electrons. The summed E-state index contributed by atoms with van der Waals surface area (Å²) in [7, 11) is 0. The molecule has 3 heteroatoms. The highest BCUT2D eigenvalue weighted by Gasteiger charge is 2.08. The van der Waals surface area contributed by atoms with Crippen LogP contribution < -0.4 is 5.73 Å². The largest absolute Gasteiger partial charge is 0.381 e. The second-order valence-electron chi connectivity index (χ2n) is 3.36. The SMILES string of the molecule is Cc1cccc(-c2cc(N)no2)c1C. The molecule has 3 nitrogen and oxygen atoms in total. The van der Waals surface area contributed by atoms with Crippen molar-refractivity contribution in [2.24, 2.45) is 0 Å². The highest BCUT2D eigenvalue weighted by molar-refractivity contribution is 5.65. The predicted octanol–water partition coefficient (Wildman–Crippen LogP) is 2.54. The third kappa shape index (κ3) is 1.37. The number of aryl methyl sites for hydroxylation is 1. The van der Waals surface area contributed by atoms with Crippen molar-refractivity contribution in [1.29, 1.82) is 0 Å². The molecule has 0 saturated heterocycles. The van der Waals surface area contributed by atoms with E-state index in [0.717, 1.165) is 11.3 Å². The molecule has 0 spiro atoms.